The van der Waals surface area contributed by atoms with E-state index in [-0.39, 0.29) is 17.9 Å². The number of ether oxygens (including phenoxy) is 1. The first-order chi connectivity index (χ1) is 12.2. The van der Waals surface area contributed by atoms with E-state index in [0.29, 0.717) is 31.8 Å². The topological polar surface area (TPSA) is 70.7 Å². The second-order valence-electron chi connectivity index (χ2n) is 6.35. The van der Waals surface area contributed by atoms with Gasteiger partial charge in [-0.1, -0.05) is 12.1 Å². The van der Waals surface area contributed by atoms with Crippen LogP contribution in [0.15, 0.2) is 24.3 Å². The van der Waals surface area contributed by atoms with Crippen LogP contribution in [-0.4, -0.2) is 56.7 Å². The Labute approximate surface area is 149 Å². The van der Waals surface area contributed by atoms with Gasteiger partial charge in [0.2, 0.25) is 0 Å². The maximum absolute atomic E-state index is 12.3. The second-order valence-corrected chi connectivity index (χ2v) is 6.35. The van der Waals surface area contributed by atoms with E-state index in [9.17, 15) is 9.59 Å². The summed E-state index contributed by atoms with van der Waals surface area (Å²) in [5, 5.41) is 5.78. The molecule has 1 aliphatic heterocycles. The SMILES string of the molecule is CCNC(=O)N1CCC[C@@H](c2cccc(C(=O)NCCCOC)c2)C1. The Morgan fingerprint density at radius 2 is 2.16 bits per heavy atom. The fraction of sp³-hybridized carbons (Fsp3) is 0.579. The maximum Gasteiger partial charge on any atom is 0.317 e. The first kappa shape index (κ1) is 19.2. The van der Waals surface area contributed by atoms with Gasteiger partial charge in [0.05, 0.1) is 0 Å². The van der Waals surface area contributed by atoms with Crippen molar-refractivity contribution in [3.8, 4) is 0 Å². The lowest BCUT2D eigenvalue weighted by atomic mass is 9.89. The molecule has 2 N–H and O–H groups in total. The number of carbonyl (C=O) groups is 2. The van der Waals surface area contributed by atoms with Crippen molar-refractivity contribution in [2.45, 2.75) is 32.1 Å². The minimum absolute atomic E-state index is 0.000703. The summed E-state index contributed by atoms with van der Waals surface area (Å²) in [5.41, 5.74) is 1.79. The number of nitrogens with zero attached hydrogens (tertiary/aromatic N) is 1. The molecule has 1 aromatic carbocycles. The molecule has 138 valence electrons. The summed E-state index contributed by atoms with van der Waals surface area (Å²) in [4.78, 5) is 26.2. The third-order valence-electron chi connectivity index (χ3n) is 4.47. The van der Waals surface area contributed by atoms with Gasteiger partial charge in [0.1, 0.15) is 0 Å². The van der Waals surface area contributed by atoms with Crippen LogP contribution in [0, 0.1) is 0 Å². The molecule has 0 saturated carbocycles. The van der Waals surface area contributed by atoms with E-state index >= 15 is 0 Å². The van der Waals surface area contributed by atoms with E-state index in [1.807, 2.05) is 36.1 Å². The van der Waals surface area contributed by atoms with Gasteiger partial charge >= 0.3 is 6.03 Å². The summed E-state index contributed by atoms with van der Waals surface area (Å²) in [5.74, 6) is 0.215. The predicted octanol–water partition coefficient (Wildman–Crippen LogP) is 2.36. The zero-order valence-corrected chi connectivity index (χ0v) is 15.2. The molecule has 0 unspecified atom stereocenters. The zero-order chi connectivity index (χ0) is 18.1. The van der Waals surface area contributed by atoms with Gasteiger partial charge in [-0.3, -0.25) is 4.79 Å². The summed E-state index contributed by atoms with van der Waals surface area (Å²) >= 11 is 0. The van der Waals surface area contributed by atoms with Crippen molar-refractivity contribution < 1.29 is 14.3 Å². The number of urea groups is 1. The van der Waals surface area contributed by atoms with Crippen molar-refractivity contribution in [1.29, 1.82) is 0 Å². The molecule has 2 rings (SSSR count). The van der Waals surface area contributed by atoms with E-state index < -0.39 is 0 Å². The minimum Gasteiger partial charge on any atom is -0.385 e. The summed E-state index contributed by atoms with van der Waals surface area (Å²) in [6.45, 7) is 5.29. The molecule has 1 aliphatic rings. The van der Waals surface area contributed by atoms with Crippen LogP contribution in [0.2, 0.25) is 0 Å². The highest BCUT2D eigenvalue weighted by atomic mass is 16.5. The molecular weight excluding hydrogens is 318 g/mol. The van der Waals surface area contributed by atoms with Crippen molar-refractivity contribution in [3.63, 3.8) is 0 Å². The van der Waals surface area contributed by atoms with Gasteiger partial charge in [-0.25, -0.2) is 4.79 Å². The van der Waals surface area contributed by atoms with Gasteiger partial charge in [-0.05, 0) is 43.9 Å². The fourth-order valence-corrected chi connectivity index (χ4v) is 3.15. The average Bonchev–Trinajstić information content (AvgIpc) is 2.65. The summed E-state index contributed by atoms with van der Waals surface area (Å²) < 4.78 is 4.99. The molecule has 0 bridgehead atoms. The molecule has 6 nitrogen and oxygen atoms in total. The van der Waals surface area contributed by atoms with E-state index in [2.05, 4.69) is 10.6 Å². The lowest BCUT2D eigenvalue weighted by Gasteiger charge is -2.33. The number of carbonyl (C=O) groups excluding carboxylic acids is 2. The number of benzene rings is 1. The first-order valence-electron chi connectivity index (χ1n) is 9.05. The molecule has 1 heterocycles. The summed E-state index contributed by atoms with van der Waals surface area (Å²) in [7, 11) is 1.65. The Hall–Kier alpha value is -2.08. The van der Waals surface area contributed by atoms with Crippen LogP contribution in [0.5, 0.6) is 0 Å². The Morgan fingerprint density at radius 1 is 1.32 bits per heavy atom. The molecule has 0 aromatic heterocycles. The Balaban J connectivity index is 1.97. The molecule has 0 spiro atoms. The summed E-state index contributed by atoms with van der Waals surface area (Å²) in [6.07, 6.45) is 2.82. The number of likely N-dealkylation sites (tertiary alicyclic amines) is 1. The number of piperidine rings is 1. The first-order valence-corrected chi connectivity index (χ1v) is 9.05. The number of methoxy groups -OCH3 is 1. The third-order valence-corrected chi connectivity index (χ3v) is 4.47. The highest BCUT2D eigenvalue weighted by Gasteiger charge is 2.24. The molecular formula is C19H29N3O3. The molecule has 0 radical (unpaired) electrons. The molecule has 3 amide bonds. The van der Waals surface area contributed by atoms with E-state index in [0.717, 1.165) is 31.4 Å². The van der Waals surface area contributed by atoms with Gasteiger partial charge in [-0.2, -0.15) is 0 Å². The normalized spacial score (nSPS) is 17.2. The van der Waals surface area contributed by atoms with Gasteiger partial charge < -0.3 is 20.3 Å². The number of nitrogens with one attached hydrogen (secondary N) is 2. The third kappa shape index (κ3) is 5.74. The smallest absolute Gasteiger partial charge is 0.317 e. The molecule has 1 atom stereocenters. The quantitative estimate of drug-likeness (QED) is 0.744. The van der Waals surface area contributed by atoms with Gasteiger partial charge in [0.25, 0.3) is 5.91 Å². The van der Waals surface area contributed by atoms with Crippen molar-refractivity contribution in [2.24, 2.45) is 0 Å². The lowest BCUT2D eigenvalue weighted by Crippen LogP contribution is -2.44. The van der Waals surface area contributed by atoms with Gasteiger partial charge in [0.15, 0.2) is 0 Å². The highest BCUT2D eigenvalue weighted by Crippen LogP contribution is 2.27. The number of hydrogen-bond donors (Lipinski definition) is 2. The van der Waals surface area contributed by atoms with E-state index in [1.165, 1.54) is 0 Å². The van der Waals surface area contributed by atoms with Gasteiger partial charge in [-0.15, -0.1) is 0 Å². The second kappa shape index (κ2) is 10.0. The van der Waals surface area contributed by atoms with Crippen LogP contribution in [0.3, 0.4) is 0 Å². The number of amides is 3. The van der Waals surface area contributed by atoms with Crippen LogP contribution >= 0.6 is 0 Å². The maximum atomic E-state index is 12.3. The predicted molar refractivity (Wildman–Crippen MR) is 97.9 cm³/mol. The molecule has 0 aliphatic carbocycles. The van der Waals surface area contributed by atoms with Gasteiger partial charge in [0, 0.05) is 51.4 Å². The van der Waals surface area contributed by atoms with Crippen molar-refractivity contribution >= 4 is 11.9 Å². The van der Waals surface area contributed by atoms with Crippen molar-refractivity contribution in [1.82, 2.24) is 15.5 Å². The lowest BCUT2D eigenvalue weighted by molar-refractivity contribution is 0.0948. The molecule has 1 saturated heterocycles. The number of hydrogen-bond acceptors (Lipinski definition) is 3. The van der Waals surface area contributed by atoms with E-state index in [1.54, 1.807) is 7.11 Å². The Morgan fingerprint density at radius 3 is 2.92 bits per heavy atom. The zero-order valence-electron chi connectivity index (χ0n) is 15.2. The molecule has 6 heteroatoms. The standard InChI is InChI=1S/C19H29N3O3/c1-3-20-19(24)22-11-5-9-17(14-22)15-7-4-8-16(13-15)18(23)21-10-6-12-25-2/h4,7-8,13,17H,3,5-6,9-12,14H2,1-2H3,(H,20,24)(H,21,23)/t17-/m1/s1. The fourth-order valence-electron chi connectivity index (χ4n) is 3.15. The minimum atomic E-state index is -0.0608. The number of rotatable bonds is 7. The monoisotopic (exact) mass is 347 g/mol. The highest BCUT2D eigenvalue weighted by molar-refractivity contribution is 5.94. The van der Waals surface area contributed by atoms with E-state index in [4.69, 9.17) is 4.74 Å². The Kier molecular flexibility index (Phi) is 7.73. The van der Waals surface area contributed by atoms with Crippen LogP contribution in [0.1, 0.15) is 48.0 Å². The van der Waals surface area contributed by atoms with Crippen LogP contribution < -0.4 is 10.6 Å². The summed E-state index contributed by atoms with van der Waals surface area (Å²) in [6, 6.07) is 7.76. The molecule has 1 aromatic rings. The van der Waals surface area contributed by atoms with Crippen molar-refractivity contribution in [3.05, 3.63) is 35.4 Å². The van der Waals surface area contributed by atoms with Crippen LogP contribution in [0.25, 0.3) is 0 Å². The van der Waals surface area contributed by atoms with Crippen LogP contribution in [-0.2, 0) is 4.74 Å². The Bertz CT molecular complexity index is 577. The van der Waals surface area contributed by atoms with Crippen molar-refractivity contribution in [2.75, 3.05) is 39.9 Å². The largest absolute Gasteiger partial charge is 0.385 e. The molecule has 25 heavy (non-hydrogen) atoms. The average molecular weight is 347 g/mol. The van der Waals surface area contributed by atoms with Crippen LogP contribution in [0.4, 0.5) is 4.79 Å². The molecule has 1 fully saturated rings.